The van der Waals surface area contributed by atoms with Crippen molar-refractivity contribution in [1.29, 1.82) is 0 Å². The van der Waals surface area contributed by atoms with Gasteiger partial charge in [-0.25, -0.2) is 8.42 Å². The number of sulfonamides is 1. The van der Waals surface area contributed by atoms with E-state index in [9.17, 15) is 13.2 Å². The molecular weight excluding hydrogens is 364 g/mol. The Kier molecular flexibility index (Phi) is 5.70. The van der Waals surface area contributed by atoms with Crippen LogP contribution in [0.5, 0.6) is 5.75 Å². The monoisotopic (exact) mass is 388 g/mol. The second kappa shape index (κ2) is 8.00. The Labute approximate surface area is 160 Å². The minimum atomic E-state index is -3.81. The molecule has 6 nitrogen and oxygen atoms in total. The van der Waals surface area contributed by atoms with Crippen molar-refractivity contribution >= 4 is 21.6 Å². The topological polar surface area (TPSA) is 75.7 Å². The average Bonchev–Trinajstić information content (AvgIpc) is 2.69. The molecule has 0 aromatic heterocycles. The van der Waals surface area contributed by atoms with Crippen molar-refractivity contribution in [3.8, 4) is 5.75 Å². The normalized spacial score (nSPS) is 14.7. The number of hydrogen-bond donors (Lipinski definition) is 1. The lowest BCUT2D eigenvalue weighted by atomic mass is 10.1. The van der Waals surface area contributed by atoms with Crippen LogP contribution < -0.4 is 9.46 Å². The number of likely N-dealkylation sites (tertiary alicyclic amines) is 1. The standard InChI is InChI=1S/C20H24N2O4S/c1-15-6-8-16(9-7-15)21-27(24,25)17-10-11-19(26-2)18(14-17)20(23)22-12-4-3-5-13-22/h6-11,14,21H,3-5,12-13H2,1-2H3. The first-order valence-corrected chi connectivity index (χ1v) is 10.5. The highest BCUT2D eigenvalue weighted by Crippen LogP contribution is 2.26. The summed E-state index contributed by atoms with van der Waals surface area (Å²) in [4.78, 5) is 14.7. The number of carbonyl (C=O) groups excluding carboxylic acids is 1. The van der Waals surface area contributed by atoms with Crippen LogP contribution in [-0.2, 0) is 10.0 Å². The van der Waals surface area contributed by atoms with Gasteiger partial charge in [0, 0.05) is 18.8 Å². The first kappa shape index (κ1) is 19.2. The van der Waals surface area contributed by atoms with Gasteiger partial charge in [0.1, 0.15) is 5.75 Å². The second-order valence-corrected chi connectivity index (χ2v) is 8.37. The van der Waals surface area contributed by atoms with Crippen molar-refractivity contribution in [3.63, 3.8) is 0 Å². The van der Waals surface area contributed by atoms with Gasteiger partial charge in [0.15, 0.2) is 0 Å². The maximum atomic E-state index is 12.9. The lowest BCUT2D eigenvalue weighted by molar-refractivity contribution is 0.0720. The van der Waals surface area contributed by atoms with E-state index in [2.05, 4.69) is 4.72 Å². The predicted molar refractivity (Wildman–Crippen MR) is 105 cm³/mol. The van der Waals surface area contributed by atoms with Gasteiger partial charge in [-0.05, 0) is 56.5 Å². The van der Waals surface area contributed by atoms with Crippen LogP contribution in [-0.4, -0.2) is 39.4 Å². The maximum absolute atomic E-state index is 12.9. The number of nitrogens with zero attached hydrogens (tertiary/aromatic N) is 1. The van der Waals surface area contributed by atoms with E-state index in [-0.39, 0.29) is 16.4 Å². The van der Waals surface area contributed by atoms with Gasteiger partial charge in [0.05, 0.1) is 17.6 Å². The molecule has 0 spiro atoms. The molecular formula is C20H24N2O4S. The van der Waals surface area contributed by atoms with Crippen LogP contribution in [0.25, 0.3) is 0 Å². The molecule has 0 aliphatic carbocycles. The van der Waals surface area contributed by atoms with E-state index in [4.69, 9.17) is 4.74 Å². The number of aryl methyl sites for hydroxylation is 1. The van der Waals surface area contributed by atoms with Gasteiger partial charge in [-0.1, -0.05) is 17.7 Å². The molecule has 1 heterocycles. The second-order valence-electron chi connectivity index (χ2n) is 6.69. The van der Waals surface area contributed by atoms with E-state index in [0.717, 1.165) is 24.8 Å². The lowest BCUT2D eigenvalue weighted by Crippen LogP contribution is -2.35. The summed E-state index contributed by atoms with van der Waals surface area (Å²) in [5.41, 5.74) is 1.78. The number of piperidine rings is 1. The number of nitrogens with one attached hydrogen (secondary N) is 1. The van der Waals surface area contributed by atoms with Gasteiger partial charge in [-0.15, -0.1) is 0 Å². The molecule has 1 aliphatic rings. The third-order valence-corrected chi connectivity index (χ3v) is 6.04. The van der Waals surface area contributed by atoms with Gasteiger partial charge < -0.3 is 9.64 Å². The third kappa shape index (κ3) is 4.42. The molecule has 0 saturated carbocycles. The summed E-state index contributed by atoms with van der Waals surface area (Å²) in [6, 6.07) is 11.4. The Morgan fingerprint density at radius 2 is 1.70 bits per heavy atom. The average molecular weight is 388 g/mol. The highest BCUT2D eigenvalue weighted by atomic mass is 32.2. The van der Waals surface area contributed by atoms with Crippen molar-refractivity contribution < 1.29 is 17.9 Å². The zero-order chi connectivity index (χ0) is 19.4. The molecule has 27 heavy (non-hydrogen) atoms. The van der Waals surface area contributed by atoms with E-state index in [1.165, 1.54) is 25.3 Å². The number of anilines is 1. The molecule has 2 aromatic rings. The molecule has 144 valence electrons. The molecule has 0 atom stereocenters. The summed E-state index contributed by atoms with van der Waals surface area (Å²) in [6.45, 7) is 3.29. The van der Waals surface area contributed by atoms with Gasteiger partial charge >= 0.3 is 0 Å². The molecule has 0 unspecified atom stereocenters. The van der Waals surface area contributed by atoms with Crippen molar-refractivity contribution in [2.75, 3.05) is 24.9 Å². The van der Waals surface area contributed by atoms with Crippen LogP contribution in [0.3, 0.4) is 0 Å². The maximum Gasteiger partial charge on any atom is 0.261 e. The lowest BCUT2D eigenvalue weighted by Gasteiger charge is -2.27. The van der Waals surface area contributed by atoms with E-state index in [1.54, 1.807) is 17.0 Å². The van der Waals surface area contributed by atoms with Crippen molar-refractivity contribution in [1.82, 2.24) is 4.90 Å². The predicted octanol–water partition coefficient (Wildman–Crippen LogP) is 3.43. The Morgan fingerprint density at radius 1 is 1.04 bits per heavy atom. The van der Waals surface area contributed by atoms with Crippen LogP contribution in [0.1, 0.15) is 35.2 Å². The van der Waals surface area contributed by atoms with Gasteiger partial charge in [-0.3, -0.25) is 9.52 Å². The van der Waals surface area contributed by atoms with Crippen molar-refractivity contribution in [2.24, 2.45) is 0 Å². The van der Waals surface area contributed by atoms with Crippen LogP contribution in [0.2, 0.25) is 0 Å². The fourth-order valence-corrected chi connectivity index (χ4v) is 4.21. The number of ether oxygens (including phenoxy) is 1. The third-order valence-electron chi connectivity index (χ3n) is 4.66. The highest BCUT2D eigenvalue weighted by Gasteiger charge is 2.24. The zero-order valence-electron chi connectivity index (χ0n) is 15.6. The molecule has 1 amide bonds. The minimum absolute atomic E-state index is 0.0317. The van der Waals surface area contributed by atoms with Gasteiger partial charge in [0.25, 0.3) is 15.9 Å². The quantitative estimate of drug-likeness (QED) is 0.851. The van der Waals surface area contributed by atoms with Crippen LogP contribution in [0, 0.1) is 6.92 Å². The zero-order valence-corrected chi connectivity index (χ0v) is 16.4. The van der Waals surface area contributed by atoms with Crippen LogP contribution in [0.4, 0.5) is 5.69 Å². The first-order chi connectivity index (χ1) is 12.9. The molecule has 2 aromatic carbocycles. The fraction of sp³-hybridized carbons (Fsp3) is 0.350. The van der Waals surface area contributed by atoms with Crippen molar-refractivity contribution in [2.45, 2.75) is 31.1 Å². The minimum Gasteiger partial charge on any atom is -0.496 e. The number of amides is 1. The Hall–Kier alpha value is -2.54. The smallest absolute Gasteiger partial charge is 0.261 e. The number of methoxy groups -OCH3 is 1. The summed E-state index contributed by atoms with van der Waals surface area (Å²) >= 11 is 0. The van der Waals surface area contributed by atoms with E-state index in [1.807, 2.05) is 19.1 Å². The number of carbonyl (C=O) groups is 1. The Morgan fingerprint density at radius 3 is 2.33 bits per heavy atom. The first-order valence-electron chi connectivity index (χ1n) is 8.97. The number of hydrogen-bond acceptors (Lipinski definition) is 4. The molecule has 0 bridgehead atoms. The molecule has 1 aliphatic heterocycles. The SMILES string of the molecule is COc1ccc(S(=O)(=O)Nc2ccc(C)cc2)cc1C(=O)N1CCCCC1. The number of rotatable bonds is 5. The van der Waals surface area contributed by atoms with Gasteiger partial charge in [-0.2, -0.15) is 0 Å². The van der Waals surface area contributed by atoms with Crippen LogP contribution in [0.15, 0.2) is 47.4 Å². The Bertz CT molecular complexity index is 917. The largest absolute Gasteiger partial charge is 0.496 e. The molecule has 0 radical (unpaired) electrons. The van der Waals surface area contributed by atoms with E-state index in [0.29, 0.717) is 24.5 Å². The highest BCUT2D eigenvalue weighted by molar-refractivity contribution is 7.92. The van der Waals surface area contributed by atoms with Crippen molar-refractivity contribution in [3.05, 3.63) is 53.6 Å². The summed E-state index contributed by atoms with van der Waals surface area (Å²) in [6.07, 6.45) is 3.03. The molecule has 1 fully saturated rings. The summed E-state index contributed by atoms with van der Waals surface area (Å²) in [7, 11) is -2.34. The molecule has 1 saturated heterocycles. The van der Waals surface area contributed by atoms with Crippen LogP contribution >= 0.6 is 0 Å². The summed E-state index contributed by atoms with van der Waals surface area (Å²) in [5, 5.41) is 0. The summed E-state index contributed by atoms with van der Waals surface area (Å²) < 4.78 is 33.4. The van der Waals surface area contributed by atoms with E-state index < -0.39 is 10.0 Å². The molecule has 7 heteroatoms. The Balaban J connectivity index is 1.91. The van der Waals surface area contributed by atoms with Gasteiger partial charge in [0.2, 0.25) is 0 Å². The van der Waals surface area contributed by atoms with E-state index >= 15 is 0 Å². The fourth-order valence-electron chi connectivity index (χ4n) is 3.12. The number of benzene rings is 2. The molecule has 3 rings (SSSR count). The summed E-state index contributed by atoms with van der Waals surface area (Å²) in [5.74, 6) is 0.179. The molecule has 1 N–H and O–H groups in total.